The van der Waals surface area contributed by atoms with Crippen LogP contribution in [0.3, 0.4) is 0 Å². The summed E-state index contributed by atoms with van der Waals surface area (Å²) in [6, 6.07) is 20.1. The summed E-state index contributed by atoms with van der Waals surface area (Å²) >= 11 is 2.77. The number of nitrogens with zero attached hydrogens (tertiary/aromatic N) is 3. The number of unbranched alkanes of at least 4 members (excludes halogenated alkanes) is 2. The second-order valence-corrected chi connectivity index (χ2v) is 13.6. The molecular weight excluding hydrogens is 607 g/mol. The molecule has 2 atom stereocenters. The lowest BCUT2D eigenvalue weighted by molar-refractivity contribution is -0.132. The third-order valence-corrected chi connectivity index (χ3v) is 10.0. The summed E-state index contributed by atoms with van der Waals surface area (Å²) in [5, 5.41) is 20.7. The van der Waals surface area contributed by atoms with Crippen molar-refractivity contribution in [1.29, 1.82) is 0 Å². The van der Waals surface area contributed by atoms with Crippen LogP contribution in [0.25, 0.3) is 5.76 Å². The van der Waals surface area contributed by atoms with Crippen LogP contribution < -0.4 is 14.4 Å². The molecule has 2 unspecified atom stereocenters. The number of ether oxygens (including phenoxy) is 2. The summed E-state index contributed by atoms with van der Waals surface area (Å²) in [5.74, 6) is 0.296. The smallest absolute Gasteiger partial charge is 0.301 e. The van der Waals surface area contributed by atoms with Crippen LogP contribution in [0.5, 0.6) is 11.5 Å². The largest absolute Gasteiger partial charge is 0.507 e. The first-order valence-electron chi connectivity index (χ1n) is 15.2. The van der Waals surface area contributed by atoms with Gasteiger partial charge in [0.2, 0.25) is 5.13 Å². The Balaban J connectivity index is 1.37. The minimum absolute atomic E-state index is 0.000829. The normalized spacial score (nSPS) is 18.7. The Labute approximate surface area is 271 Å². The van der Waals surface area contributed by atoms with E-state index in [2.05, 4.69) is 41.4 Å². The fourth-order valence-corrected chi connectivity index (χ4v) is 7.40. The van der Waals surface area contributed by atoms with Crippen LogP contribution in [0, 0.1) is 6.92 Å². The Kier molecular flexibility index (Phi) is 9.23. The lowest BCUT2D eigenvalue weighted by Crippen LogP contribution is -2.29. The van der Waals surface area contributed by atoms with Gasteiger partial charge in [-0.3, -0.25) is 14.5 Å². The highest BCUT2D eigenvalue weighted by Crippen LogP contribution is 2.45. The minimum Gasteiger partial charge on any atom is -0.507 e. The van der Waals surface area contributed by atoms with Crippen molar-refractivity contribution in [2.75, 3.05) is 11.5 Å². The van der Waals surface area contributed by atoms with Gasteiger partial charge in [-0.1, -0.05) is 84.8 Å². The maximum absolute atomic E-state index is 13.7. The van der Waals surface area contributed by atoms with Crippen molar-refractivity contribution in [3.8, 4) is 11.5 Å². The van der Waals surface area contributed by atoms with Crippen LogP contribution >= 0.6 is 23.1 Å². The summed E-state index contributed by atoms with van der Waals surface area (Å²) in [7, 11) is 0. The summed E-state index contributed by atoms with van der Waals surface area (Å²) in [6.45, 7) is 6.73. The average molecular weight is 642 g/mol. The number of hydrogen-bond acceptors (Lipinski definition) is 9. The fraction of sp³-hybridized carbons (Fsp3) is 0.314. The predicted octanol–water partition coefficient (Wildman–Crippen LogP) is 7.66. The van der Waals surface area contributed by atoms with Gasteiger partial charge in [0.15, 0.2) is 4.34 Å². The number of amides is 1. The molecule has 2 aliphatic rings. The van der Waals surface area contributed by atoms with E-state index in [9.17, 15) is 14.7 Å². The molecule has 1 N–H and O–H groups in total. The highest BCUT2D eigenvalue weighted by molar-refractivity contribution is 8.00. The van der Waals surface area contributed by atoms with Crippen LogP contribution in [0.1, 0.15) is 67.0 Å². The molecule has 2 aliphatic heterocycles. The molecule has 0 saturated carbocycles. The number of fused-ring (bicyclic) bond motifs is 1. The summed E-state index contributed by atoms with van der Waals surface area (Å²) in [6.07, 6.45) is 3.79. The summed E-state index contributed by atoms with van der Waals surface area (Å²) in [4.78, 5) is 28.8. The van der Waals surface area contributed by atoms with E-state index in [4.69, 9.17) is 9.47 Å². The number of carbonyl (C=O) groups is 2. The van der Waals surface area contributed by atoms with Gasteiger partial charge in [0.25, 0.3) is 5.78 Å². The molecule has 4 aromatic rings. The van der Waals surface area contributed by atoms with Crippen molar-refractivity contribution in [3.63, 3.8) is 0 Å². The van der Waals surface area contributed by atoms with Crippen molar-refractivity contribution in [2.24, 2.45) is 0 Å². The standard InChI is InChI=1S/C35H35N3O5S2/c1-4-5-6-16-42-27-9-7-8-24(19-27)30-29(31(39)25-14-15-28-26(18-25)17-22(3)43-28)32(40)33(41)38(30)34-36-37-35(45-34)44-20-23-12-10-21(2)11-13-23/h7-15,18-19,22,30,39H,4-6,16-17,20H2,1-3H3/b31-29-. The quantitative estimate of drug-likeness (QED) is 0.0445. The monoisotopic (exact) mass is 641 g/mol. The van der Waals surface area contributed by atoms with Gasteiger partial charge in [-0.2, -0.15) is 0 Å². The zero-order valence-electron chi connectivity index (χ0n) is 25.5. The minimum atomic E-state index is -0.921. The Hall–Kier alpha value is -4.15. The molecule has 3 heterocycles. The van der Waals surface area contributed by atoms with E-state index in [1.54, 1.807) is 12.1 Å². The SMILES string of the molecule is CCCCCOc1cccc(C2/C(=C(/O)c3ccc4c(c3)CC(C)O4)C(=O)C(=O)N2c2nnc(SCc3ccc(C)cc3)s2)c1. The molecule has 0 spiro atoms. The first kappa shape index (κ1) is 30.9. The van der Waals surface area contributed by atoms with Crippen LogP contribution in [0.4, 0.5) is 5.13 Å². The van der Waals surface area contributed by atoms with Crippen molar-refractivity contribution >= 4 is 45.7 Å². The van der Waals surface area contributed by atoms with Crippen molar-refractivity contribution in [3.05, 3.63) is 100 Å². The second kappa shape index (κ2) is 13.5. The number of thioether (sulfide) groups is 1. The molecule has 0 bridgehead atoms. The zero-order chi connectivity index (χ0) is 31.5. The van der Waals surface area contributed by atoms with Gasteiger partial charge in [0, 0.05) is 17.7 Å². The third kappa shape index (κ3) is 6.62. The van der Waals surface area contributed by atoms with Gasteiger partial charge in [-0.05, 0) is 67.3 Å². The lowest BCUT2D eigenvalue weighted by Gasteiger charge is -2.23. The van der Waals surface area contributed by atoms with E-state index in [0.717, 1.165) is 36.1 Å². The number of aliphatic hydroxyl groups excluding tert-OH is 1. The van der Waals surface area contributed by atoms with Gasteiger partial charge in [-0.15, -0.1) is 10.2 Å². The molecule has 45 heavy (non-hydrogen) atoms. The lowest BCUT2D eigenvalue weighted by atomic mass is 9.94. The maximum Gasteiger partial charge on any atom is 0.301 e. The third-order valence-electron chi connectivity index (χ3n) is 7.89. The molecule has 1 amide bonds. The van der Waals surface area contributed by atoms with E-state index < -0.39 is 17.7 Å². The molecular formula is C35H35N3O5S2. The maximum atomic E-state index is 13.7. The van der Waals surface area contributed by atoms with E-state index in [1.807, 2.05) is 44.2 Å². The molecule has 10 heteroatoms. The number of carbonyl (C=O) groups excluding carboxylic acids is 2. The molecule has 232 valence electrons. The highest BCUT2D eigenvalue weighted by Gasteiger charge is 2.48. The number of aryl methyl sites for hydroxylation is 1. The summed E-state index contributed by atoms with van der Waals surface area (Å²) in [5.41, 5.74) is 4.36. The molecule has 3 aromatic carbocycles. The Bertz CT molecular complexity index is 1750. The Morgan fingerprint density at radius 2 is 1.91 bits per heavy atom. The van der Waals surface area contributed by atoms with Gasteiger partial charge >= 0.3 is 5.91 Å². The van der Waals surface area contributed by atoms with Crippen LogP contribution in [-0.4, -0.2) is 39.7 Å². The molecule has 6 rings (SSSR count). The number of benzene rings is 3. The number of anilines is 1. The summed E-state index contributed by atoms with van der Waals surface area (Å²) < 4.78 is 12.5. The first-order chi connectivity index (χ1) is 21.8. The van der Waals surface area contributed by atoms with Crippen LogP contribution in [0.2, 0.25) is 0 Å². The van der Waals surface area contributed by atoms with E-state index >= 15 is 0 Å². The van der Waals surface area contributed by atoms with E-state index in [1.165, 1.54) is 33.6 Å². The van der Waals surface area contributed by atoms with E-state index in [-0.39, 0.29) is 22.6 Å². The number of ketones is 1. The predicted molar refractivity (Wildman–Crippen MR) is 177 cm³/mol. The Morgan fingerprint density at radius 3 is 2.71 bits per heavy atom. The number of hydrogen-bond donors (Lipinski definition) is 1. The molecule has 1 aromatic heterocycles. The molecule has 0 aliphatic carbocycles. The topological polar surface area (TPSA) is 102 Å². The number of aliphatic hydroxyl groups is 1. The second-order valence-electron chi connectivity index (χ2n) is 11.4. The van der Waals surface area contributed by atoms with Gasteiger partial charge in [-0.25, -0.2) is 0 Å². The zero-order valence-corrected chi connectivity index (χ0v) is 27.1. The van der Waals surface area contributed by atoms with Crippen molar-refractivity contribution in [1.82, 2.24) is 10.2 Å². The van der Waals surface area contributed by atoms with E-state index in [0.29, 0.717) is 40.0 Å². The van der Waals surface area contributed by atoms with Crippen LogP contribution in [-0.2, 0) is 21.8 Å². The molecule has 1 saturated heterocycles. The van der Waals surface area contributed by atoms with Crippen molar-refractivity contribution in [2.45, 2.75) is 68.7 Å². The van der Waals surface area contributed by atoms with Crippen molar-refractivity contribution < 1.29 is 24.2 Å². The Morgan fingerprint density at radius 1 is 1.09 bits per heavy atom. The number of rotatable bonds is 11. The van der Waals surface area contributed by atoms with Gasteiger partial charge in [0.1, 0.15) is 23.4 Å². The number of Topliss-reactive ketones (excluding diaryl/α,β-unsaturated/α-hetero) is 1. The molecule has 0 radical (unpaired) electrons. The van der Waals surface area contributed by atoms with Gasteiger partial charge in [0.05, 0.1) is 18.2 Å². The van der Waals surface area contributed by atoms with Gasteiger partial charge < -0.3 is 14.6 Å². The highest BCUT2D eigenvalue weighted by atomic mass is 32.2. The number of aromatic nitrogens is 2. The molecule has 8 nitrogen and oxygen atoms in total. The average Bonchev–Trinajstić information content (AvgIpc) is 3.73. The first-order valence-corrected chi connectivity index (χ1v) is 17.0. The fourth-order valence-electron chi connectivity index (χ4n) is 5.57. The molecule has 1 fully saturated rings. The van der Waals surface area contributed by atoms with Crippen LogP contribution in [0.15, 0.2) is 76.6 Å².